The van der Waals surface area contributed by atoms with E-state index in [9.17, 15) is 15.3 Å². The number of unbranched alkanes of at least 4 members (excludes halogenated alkanes) is 16. The van der Waals surface area contributed by atoms with Crippen LogP contribution in [0.1, 0.15) is 116 Å². The number of allylic oxidation sites excluding steroid dienone is 1. The van der Waals surface area contributed by atoms with Crippen LogP contribution in [0.3, 0.4) is 0 Å². The molecule has 28 heavy (non-hydrogen) atoms. The molecule has 0 aromatic heterocycles. The van der Waals surface area contributed by atoms with Crippen molar-refractivity contribution in [2.75, 3.05) is 6.61 Å². The summed E-state index contributed by atoms with van der Waals surface area (Å²) in [6.07, 6.45) is 22.1. The highest BCUT2D eigenvalue weighted by molar-refractivity contribution is 4.94. The fourth-order valence-electron chi connectivity index (χ4n) is 3.50. The standard InChI is InChI=1S/C24H48O4/c1-2-3-4-5-6-7-8-9-10-11-12-13-14-15-16-17-18-19-20-22(26)24(28)23(27)21-25/h19-20,22-28H,2-18,21H2,1H3. The summed E-state index contributed by atoms with van der Waals surface area (Å²) in [6.45, 7) is 1.72. The molecule has 0 saturated carbocycles. The molecule has 3 unspecified atom stereocenters. The number of hydrogen-bond acceptors (Lipinski definition) is 4. The van der Waals surface area contributed by atoms with Gasteiger partial charge in [0.1, 0.15) is 18.3 Å². The smallest absolute Gasteiger partial charge is 0.112 e. The molecule has 0 amide bonds. The van der Waals surface area contributed by atoms with E-state index in [-0.39, 0.29) is 0 Å². The maximum atomic E-state index is 9.65. The highest BCUT2D eigenvalue weighted by Crippen LogP contribution is 2.14. The van der Waals surface area contributed by atoms with Crippen LogP contribution in [0.2, 0.25) is 0 Å². The van der Waals surface area contributed by atoms with Crippen molar-refractivity contribution in [3.63, 3.8) is 0 Å². The maximum Gasteiger partial charge on any atom is 0.112 e. The maximum absolute atomic E-state index is 9.65. The molecule has 4 nitrogen and oxygen atoms in total. The van der Waals surface area contributed by atoms with Crippen molar-refractivity contribution < 1.29 is 20.4 Å². The van der Waals surface area contributed by atoms with E-state index >= 15 is 0 Å². The van der Waals surface area contributed by atoms with Crippen molar-refractivity contribution in [3.8, 4) is 0 Å². The van der Waals surface area contributed by atoms with E-state index in [4.69, 9.17) is 5.11 Å². The quantitative estimate of drug-likeness (QED) is 0.156. The number of aliphatic hydroxyl groups is 4. The molecule has 4 heteroatoms. The molecule has 0 fully saturated rings. The predicted octanol–water partition coefficient (Wildman–Crippen LogP) is 5.27. The first-order chi connectivity index (χ1) is 13.6. The van der Waals surface area contributed by atoms with Gasteiger partial charge in [-0.3, -0.25) is 0 Å². The lowest BCUT2D eigenvalue weighted by Gasteiger charge is -2.18. The molecule has 0 heterocycles. The molecule has 3 atom stereocenters. The third kappa shape index (κ3) is 17.7. The molecule has 0 spiro atoms. The second-order valence-corrected chi connectivity index (χ2v) is 8.25. The summed E-state index contributed by atoms with van der Waals surface area (Å²) in [5, 5.41) is 37.2. The Hall–Kier alpha value is -0.420. The van der Waals surface area contributed by atoms with E-state index in [0.29, 0.717) is 0 Å². The average Bonchev–Trinajstić information content (AvgIpc) is 2.71. The lowest BCUT2D eigenvalue weighted by Crippen LogP contribution is -2.38. The fourth-order valence-corrected chi connectivity index (χ4v) is 3.50. The Morgan fingerprint density at radius 3 is 1.39 bits per heavy atom. The monoisotopic (exact) mass is 400 g/mol. The Morgan fingerprint density at radius 2 is 1.00 bits per heavy atom. The van der Waals surface area contributed by atoms with Crippen molar-refractivity contribution in [1.82, 2.24) is 0 Å². The minimum atomic E-state index is -1.33. The first kappa shape index (κ1) is 27.6. The largest absolute Gasteiger partial charge is 0.394 e. The molecule has 0 aromatic carbocycles. The van der Waals surface area contributed by atoms with E-state index in [1.165, 1.54) is 102 Å². The van der Waals surface area contributed by atoms with Crippen molar-refractivity contribution in [2.24, 2.45) is 0 Å². The third-order valence-corrected chi connectivity index (χ3v) is 5.49. The van der Waals surface area contributed by atoms with E-state index in [1.807, 2.05) is 6.08 Å². The van der Waals surface area contributed by atoms with E-state index in [2.05, 4.69) is 6.92 Å². The minimum absolute atomic E-state index is 0.550. The fraction of sp³-hybridized carbons (Fsp3) is 0.917. The van der Waals surface area contributed by atoms with Gasteiger partial charge in [-0.15, -0.1) is 0 Å². The molecule has 0 aliphatic heterocycles. The highest BCUT2D eigenvalue weighted by atomic mass is 16.4. The molecule has 0 aliphatic rings. The van der Waals surface area contributed by atoms with Gasteiger partial charge in [0.25, 0.3) is 0 Å². The summed E-state index contributed by atoms with van der Waals surface area (Å²) in [5.74, 6) is 0. The summed E-state index contributed by atoms with van der Waals surface area (Å²) in [4.78, 5) is 0. The van der Waals surface area contributed by atoms with Gasteiger partial charge in [0.15, 0.2) is 0 Å². The zero-order valence-corrected chi connectivity index (χ0v) is 18.4. The van der Waals surface area contributed by atoms with Crippen LogP contribution in [0.5, 0.6) is 0 Å². The Labute approximate surface area is 174 Å². The van der Waals surface area contributed by atoms with Gasteiger partial charge in [-0.25, -0.2) is 0 Å². The van der Waals surface area contributed by atoms with Gasteiger partial charge in [-0.05, 0) is 12.8 Å². The van der Waals surface area contributed by atoms with Gasteiger partial charge < -0.3 is 20.4 Å². The molecule has 4 N–H and O–H groups in total. The first-order valence-electron chi connectivity index (χ1n) is 11.9. The Morgan fingerprint density at radius 1 is 0.607 bits per heavy atom. The Kier molecular flexibility index (Phi) is 21.0. The van der Waals surface area contributed by atoms with E-state index in [0.717, 1.165) is 12.8 Å². The Balaban J connectivity index is 3.26. The van der Waals surface area contributed by atoms with Crippen LogP contribution in [0.15, 0.2) is 12.2 Å². The minimum Gasteiger partial charge on any atom is -0.394 e. The summed E-state index contributed by atoms with van der Waals surface area (Å²) >= 11 is 0. The van der Waals surface area contributed by atoms with Crippen LogP contribution in [-0.4, -0.2) is 45.3 Å². The molecule has 0 radical (unpaired) electrons. The van der Waals surface area contributed by atoms with Crippen molar-refractivity contribution >= 4 is 0 Å². The molecule has 0 saturated heterocycles. The van der Waals surface area contributed by atoms with Gasteiger partial charge in [0.05, 0.1) is 6.61 Å². The van der Waals surface area contributed by atoms with Crippen molar-refractivity contribution in [2.45, 2.75) is 134 Å². The van der Waals surface area contributed by atoms with Gasteiger partial charge in [-0.1, -0.05) is 115 Å². The third-order valence-electron chi connectivity index (χ3n) is 5.49. The summed E-state index contributed by atoms with van der Waals surface area (Å²) < 4.78 is 0. The lowest BCUT2D eigenvalue weighted by molar-refractivity contribution is -0.0611. The molecule has 0 rings (SSSR count). The first-order valence-corrected chi connectivity index (χ1v) is 11.9. The topological polar surface area (TPSA) is 80.9 Å². The number of rotatable bonds is 21. The molecule has 0 aromatic rings. The molecule has 0 aliphatic carbocycles. The number of hydrogen-bond donors (Lipinski definition) is 4. The van der Waals surface area contributed by atoms with Crippen molar-refractivity contribution in [3.05, 3.63) is 12.2 Å². The van der Waals surface area contributed by atoms with Crippen LogP contribution in [0, 0.1) is 0 Å². The summed E-state index contributed by atoms with van der Waals surface area (Å²) in [5.41, 5.74) is 0. The predicted molar refractivity (Wildman–Crippen MR) is 118 cm³/mol. The zero-order valence-electron chi connectivity index (χ0n) is 18.4. The van der Waals surface area contributed by atoms with E-state index in [1.54, 1.807) is 0 Å². The SMILES string of the molecule is CCCCCCCCCCCCCCCCCCC=CC(O)C(O)C(O)CO. The van der Waals surface area contributed by atoms with Crippen LogP contribution in [0.25, 0.3) is 0 Å². The molecular weight excluding hydrogens is 352 g/mol. The average molecular weight is 401 g/mol. The Bertz CT molecular complexity index is 333. The van der Waals surface area contributed by atoms with Gasteiger partial charge >= 0.3 is 0 Å². The summed E-state index contributed by atoms with van der Waals surface area (Å²) in [6, 6.07) is 0. The van der Waals surface area contributed by atoms with Gasteiger partial charge in [0, 0.05) is 0 Å². The summed E-state index contributed by atoms with van der Waals surface area (Å²) in [7, 11) is 0. The second kappa shape index (κ2) is 21.3. The molecule has 0 bridgehead atoms. The zero-order chi connectivity index (χ0) is 20.9. The van der Waals surface area contributed by atoms with Gasteiger partial charge in [-0.2, -0.15) is 0 Å². The molecule has 168 valence electrons. The van der Waals surface area contributed by atoms with Crippen LogP contribution >= 0.6 is 0 Å². The van der Waals surface area contributed by atoms with E-state index < -0.39 is 24.9 Å². The number of aliphatic hydroxyl groups excluding tert-OH is 4. The van der Waals surface area contributed by atoms with Crippen LogP contribution in [-0.2, 0) is 0 Å². The van der Waals surface area contributed by atoms with Crippen molar-refractivity contribution in [1.29, 1.82) is 0 Å². The lowest BCUT2D eigenvalue weighted by atomic mass is 10.0. The highest BCUT2D eigenvalue weighted by Gasteiger charge is 2.21. The van der Waals surface area contributed by atoms with Crippen LogP contribution in [0.4, 0.5) is 0 Å². The second-order valence-electron chi connectivity index (χ2n) is 8.25. The van der Waals surface area contributed by atoms with Crippen LogP contribution < -0.4 is 0 Å². The molecular formula is C24H48O4. The normalized spacial score (nSPS) is 15.2. The van der Waals surface area contributed by atoms with Gasteiger partial charge in [0.2, 0.25) is 0 Å².